The maximum absolute atomic E-state index is 11.9. The summed E-state index contributed by atoms with van der Waals surface area (Å²) >= 11 is 0. The van der Waals surface area contributed by atoms with Gasteiger partial charge in [-0.25, -0.2) is 4.79 Å². The summed E-state index contributed by atoms with van der Waals surface area (Å²) in [4.78, 5) is 25.5. The molecule has 1 fully saturated rings. The van der Waals surface area contributed by atoms with Crippen LogP contribution in [0.2, 0.25) is 0 Å². The second kappa shape index (κ2) is 5.94. The fourth-order valence-corrected chi connectivity index (χ4v) is 2.40. The SMILES string of the molecule is Cc1cccc(NC(=O)NC2CC(=O)N(C(C)C)C2)c1. The molecule has 1 saturated heterocycles. The fraction of sp³-hybridized carbons (Fsp3) is 0.467. The zero-order chi connectivity index (χ0) is 14.7. The Morgan fingerprint density at radius 3 is 2.75 bits per heavy atom. The molecule has 0 saturated carbocycles. The number of hydrogen-bond acceptors (Lipinski definition) is 2. The lowest BCUT2D eigenvalue weighted by atomic mass is 10.2. The molecule has 0 spiro atoms. The van der Waals surface area contributed by atoms with E-state index >= 15 is 0 Å². The number of amides is 3. The minimum atomic E-state index is -0.265. The number of carbonyl (C=O) groups is 2. The Balaban J connectivity index is 1.88. The van der Waals surface area contributed by atoms with Crippen LogP contribution in [0.15, 0.2) is 24.3 Å². The van der Waals surface area contributed by atoms with Crippen molar-refractivity contribution in [3.8, 4) is 0 Å². The topological polar surface area (TPSA) is 61.4 Å². The van der Waals surface area contributed by atoms with Gasteiger partial charge in [0.05, 0.1) is 6.04 Å². The molecule has 1 heterocycles. The number of rotatable bonds is 3. The highest BCUT2D eigenvalue weighted by Crippen LogP contribution is 2.15. The van der Waals surface area contributed by atoms with Gasteiger partial charge < -0.3 is 15.5 Å². The lowest BCUT2D eigenvalue weighted by molar-refractivity contribution is -0.129. The van der Waals surface area contributed by atoms with Crippen LogP contribution in [0, 0.1) is 6.92 Å². The molecule has 5 heteroatoms. The summed E-state index contributed by atoms with van der Waals surface area (Å²) in [6, 6.07) is 7.40. The number of benzene rings is 1. The molecule has 0 bridgehead atoms. The Kier molecular flexibility index (Phi) is 4.27. The highest BCUT2D eigenvalue weighted by atomic mass is 16.2. The highest BCUT2D eigenvalue weighted by Gasteiger charge is 2.31. The van der Waals surface area contributed by atoms with Crippen LogP contribution in [-0.4, -0.2) is 35.5 Å². The molecule has 1 unspecified atom stereocenters. The van der Waals surface area contributed by atoms with Crippen LogP contribution in [0.4, 0.5) is 10.5 Å². The molecule has 3 amide bonds. The van der Waals surface area contributed by atoms with Crippen molar-refractivity contribution >= 4 is 17.6 Å². The van der Waals surface area contributed by atoms with Crippen LogP contribution < -0.4 is 10.6 Å². The Morgan fingerprint density at radius 2 is 2.15 bits per heavy atom. The van der Waals surface area contributed by atoms with E-state index in [1.807, 2.05) is 45.0 Å². The van der Waals surface area contributed by atoms with E-state index in [1.165, 1.54) is 0 Å². The van der Waals surface area contributed by atoms with Crippen LogP contribution in [0.5, 0.6) is 0 Å². The summed E-state index contributed by atoms with van der Waals surface area (Å²) in [7, 11) is 0. The van der Waals surface area contributed by atoms with Gasteiger partial charge >= 0.3 is 6.03 Å². The molecule has 1 atom stereocenters. The molecule has 0 aliphatic carbocycles. The van der Waals surface area contributed by atoms with Gasteiger partial charge in [-0.2, -0.15) is 0 Å². The second-order valence-corrected chi connectivity index (χ2v) is 5.51. The summed E-state index contributed by atoms with van der Waals surface area (Å²) < 4.78 is 0. The average molecular weight is 275 g/mol. The molecule has 5 nitrogen and oxygen atoms in total. The molecule has 1 aliphatic heterocycles. The molecule has 1 aromatic rings. The summed E-state index contributed by atoms with van der Waals surface area (Å²) in [5.41, 5.74) is 1.84. The van der Waals surface area contributed by atoms with Crippen molar-refractivity contribution in [3.05, 3.63) is 29.8 Å². The second-order valence-electron chi connectivity index (χ2n) is 5.51. The minimum absolute atomic E-state index is 0.0980. The van der Waals surface area contributed by atoms with Crippen LogP contribution in [0.3, 0.4) is 0 Å². The third kappa shape index (κ3) is 3.50. The standard InChI is InChI=1S/C15H21N3O2/c1-10(2)18-9-13(8-14(18)19)17-15(20)16-12-6-4-5-11(3)7-12/h4-7,10,13H,8-9H2,1-3H3,(H2,16,17,20). The Labute approximate surface area is 119 Å². The van der Waals surface area contributed by atoms with Gasteiger partial charge in [0.2, 0.25) is 5.91 Å². The fourth-order valence-electron chi connectivity index (χ4n) is 2.40. The number of nitrogens with one attached hydrogen (secondary N) is 2. The maximum Gasteiger partial charge on any atom is 0.319 e. The van der Waals surface area contributed by atoms with Crippen molar-refractivity contribution < 1.29 is 9.59 Å². The molecule has 2 N–H and O–H groups in total. The molecular weight excluding hydrogens is 254 g/mol. The lowest BCUT2D eigenvalue weighted by Gasteiger charge is -2.21. The Morgan fingerprint density at radius 1 is 1.40 bits per heavy atom. The van der Waals surface area contributed by atoms with E-state index in [4.69, 9.17) is 0 Å². The monoisotopic (exact) mass is 275 g/mol. The average Bonchev–Trinajstić information content (AvgIpc) is 2.70. The summed E-state index contributed by atoms with van der Waals surface area (Å²) in [6.45, 7) is 6.51. The van der Waals surface area contributed by atoms with E-state index in [-0.39, 0.29) is 24.0 Å². The normalized spacial score (nSPS) is 18.5. The quantitative estimate of drug-likeness (QED) is 0.887. The largest absolute Gasteiger partial charge is 0.338 e. The van der Waals surface area contributed by atoms with E-state index in [0.717, 1.165) is 11.3 Å². The predicted octanol–water partition coefficient (Wildman–Crippen LogP) is 2.13. The molecule has 0 radical (unpaired) electrons. The number of urea groups is 1. The summed E-state index contributed by atoms with van der Waals surface area (Å²) in [5, 5.41) is 5.64. The van der Waals surface area contributed by atoms with Crippen molar-refractivity contribution in [3.63, 3.8) is 0 Å². The number of anilines is 1. The van der Waals surface area contributed by atoms with Crippen molar-refractivity contribution in [2.75, 3.05) is 11.9 Å². The zero-order valence-electron chi connectivity index (χ0n) is 12.1. The van der Waals surface area contributed by atoms with Gasteiger partial charge in [-0.15, -0.1) is 0 Å². The van der Waals surface area contributed by atoms with Crippen LogP contribution in [0.25, 0.3) is 0 Å². The first-order valence-corrected chi connectivity index (χ1v) is 6.89. The number of aryl methyl sites for hydroxylation is 1. The Bertz CT molecular complexity index is 514. The molecule has 1 aromatic carbocycles. The van der Waals surface area contributed by atoms with Crippen molar-refractivity contribution in [2.24, 2.45) is 0 Å². The van der Waals surface area contributed by atoms with E-state index in [1.54, 1.807) is 4.90 Å². The lowest BCUT2D eigenvalue weighted by Crippen LogP contribution is -2.40. The number of nitrogens with zero attached hydrogens (tertiary/aromatic N) is 1. The zero-order valence-corrected chi connectivity index (χ0v) is 12.1. The van der Waals surface area contributed by atoms with Crippen LogP contribution in [-0.2, 0) is 4.79 Å². The first kappa shape index (κ1) is 14.4. The number of hydrogen-bond donors (Lipinski definition) is 2. The van der Waals surface area contributed by atoms with E-state index in [9.17, 15) is 9.59 Å². The van der Waals surface area contributed by atoms with E-state index in [2.05, 4.69) is 10.6 Å². The van der Waals surface area contributed by atoms with Gasteiger partial charge in [0, 0.05) is 24.7 Å². The maximum atomic E-state index is 11.9. The van der Waals surface area contributed by atoms with E-state index in [0.29, 0.717) is 13.0 Å². The third-order valence-corrected chi connectivity index (χ3v) is 3.39. The molecule has 20 heavy (non-hydrogen) atoms. The van der Waals surface area contributed by atoms with Crippen molar-refractivity contribution in [1.29, 1.82) is 0 Å². The molecule has 108 valence electrons. The van der Waals surface area contributed by atoms with Gasteiger partial charge in [0.15, 0.2) is 0 Å². The first-order chi connectivity index (χ1) is 9.45. The molecular formula is C15H21N3O2. The summed E-state index contributed by atoms with van der Waals surface area (Å²) in [6.07, 6.45) is 0.374. The number of carbonyl (C=O) groups excluding carboxylic acids is 2. The summed E-state index contributed by atoms with van der Waals surface area (Å²) in [5.74, 6) is 0.0980. The first-order valence-electron chi connectivity index (χ1n) is 6.89. The molecule has 0 aromatic heterocycles. The van der Waals surface area contributed by atoms with Gasteiger partial charge in [0.1, 0.15) is 0 Å². The van der Waals surface area contributed by atoms with Gasteiger partial charge in [-0.3, -0.25) is 4.79 Å². The van der Waals surface area contributed by atoms with Gasteiger partial charge in [0.25, 0.3) is 0 Å². The van der Waals surface area contributed by atoms with Crippen molar-refractivity contribution in [1.82, 2.24) is 10.2 Å². The number of likely N-dealkylation sites (tertiary alicyclic amines) is 1. The van der Waals surface area contributed by atoms with Gasteiger partial charge in [-0.1, -0.05) is 12.1 Å². The van der Waals surface area contributed by atoms with Crippen LogP contribution >= 0.6 is 0 Å². The Hall–Kier alpha value is -2.04. The van der Waals surface area contributed by atoms with Crippen molar-refractivity contribution in [2.45, 2.75) is 39.3 Å². The molecule has 1 aliphatic rings. The highest BCUT2D eigenvalue weighted by molar-refractivity contribution is 5.90. The van der Waals surface area contributed by atoms with Crippen LogP contribution in [0.1, 0.15) is 25.8 Å². The molecule has 2 rings (SSSR count). The smallest absolute Gasteiger partial charge is 0.319 e. The van der Waals surface area contributed by atoms with E-state index < -0.39 is 0 Å². The van der Waals surface area contributed by atoms with Gasteiger partial charge in [-0.05, 0) is 38.5 Å². The minimum Gasteiger partial charge on any atom is -0.338 e. The predicted molar refractivity (Wildman–Crippen MR) is 78.6 cm³/mol. The third-order valence-electron chi connectivity index (χ3n) is 3.39.